The molecule has 3 N–H and O–H groups in total. The van der Waals surface area contributed by atoms with E-state index in [0.29, 0.717) is 19.3 Å². The summed E-state index contributed by atoms with van der Waals surface area (Å²) < 4.78 is 25.6. The van der Waals surface area contributed by atoms with Crippen molar-refractivity contribution in [1.82, 2.24) is 20.2 Å². The first kappa shape index (κ1) is 19.1. The zero-order valence-electron chi connectivity index (χ0n) is 14.7. The number of sulfonamides is 1. The van der Waals surface area contributed by atoms with E-state index in [9.17, 15) is 13.2 Å². The summed E-state index contributed by atoms with van der Waals surface area (Å²) in [6.45, 7) is 3.88. The summed E-state index contributed by atoms with van der Waals surface area (Å²) in [5, 5.41) is 10.00. The van der Waals surface area contributed by atoms with Crippen LogP contribution >= 0.6 is 0 Å². The number of benzene rings is 1. The van der Waals surface area contributed by atoms with Crippen molar-refractivity contribution < 1.29 is 13.2 Å². The van der Waals surface area contributed by atoms with Gasteiger partial charge >= 0.3 is 0 Å². The second kappa shape index (κ2) is 8.26. The van der Waals surface area contributed by atoms with E-state index in [1.165, 1.54) is 7.05 Å². The summed E-state index contributed by atoms with van der Waals surface area (Å²) in [7, 11) is -2.05. The van der Waals surface area contributed by atoms with Gasteiger partial charge in [-0.1, -0.05) is 12.1 Å². The van der Waals surface area contributed by atoms with Crippen molar-refractivity contribution in [3.63, 3.8) is 0 Å². The molecule has 1 aromatic carbocycles. The number of rotatable bonds is 8. The van der Waals surface area contributed by atoms with Gasteiger partial charge in [-0.2, -0.15) is 5.10 Å². The van der Waals surface area contributed by atoms with Crippen molar-refractivity contribution in [3.05, 3.63) is 47.3 Å². The molecule has 0 unspecified atom stereocenters. The van der Waals surface area contributed by atoms with Crippen LogP contribution in [0.25, 0.3) is 0 Å². The van der Waals surface area contributed by atoms with Gasteiger partial charge in [0.1, 0.15) is 0 Å². The predicted molar refractivity (Wildman–Crippen MR) is 95.6 cm³/mol. The molecule has 0 saturated carbocycles. The molecule has 0 saturated heterocycles. The van der Waals surface area contributed by atoms with Crippen LogP contribution in [0.2, 0.25) is 0 Å². The van der Waals surface area contributed by atoms with Crippen LogP contribution in [0.15, 0.2) is 35.2 Å². The van der Waals surface area contributed by atoms with Crippen LogP contribution in [-0.2, 0) is 27.7 Å². The van der Waals surface area contributed by atoms with Crippen LogP contribution in [0.3, 0.4) is 0 Å². The molecular formula is C17H24N4O3S. The zero-order chi connectivity index (χ0) is 18.4. The average Bonchev–Trinajstić information content (AvgIpc) is 2.98. The molecule has 2 aromatic rings. The maximum Gasteiger partial charge on any atom is 0.240 e. The Balaban J connectivity index is 1.81. The van der Waals surface area contributed by atoms with Crippen molar-refractivity contribution >= 4 is 15.9 Å². The Morgan fingerprint density at radius 3 is 2.52 bits per heavy atom. The number of nitrogens with zero attached hydrogens (tertiary/aromatic N) is 1. The highest BCUT2D eigenvalue weighted by molar-refractivity contribution is 7.89. The fraction of sp³-hybridized carbons (Fsp3) is 0.412. The Hall–Kier alpha value is -2.19. The number of amides is 1. The Morgan fingerprint density at radius 1 is 1.28 bits per heavy atom. The van der Waals surface area contributed by atoms with E-state index in [4.69, 9.17) is 0 Å². The van der Waals surface area contributed by atoms with Gasteiger partial charge in [0.25, 0.3) is 0 Å². The number of nitrogens with one attached hydrogen (secondary N) is 3. The lowest BCUT2D eigenvalue weighted by molar-refractivity contribution is -0.121. The first-order valence-corrected chi connectivity index (χ1v) is 9.61. The largest absolute Gasteiger partial charge is 0.353 e. The molecule has 136 valence electrons. The Labute approximate surface area is 148 Å². The van der Waals surface area contributed by atoms with Gasteiger partial charge in [0.2, 0.25) is 15.9 Å². The summed E-state index contributed by atoms with van der Waals surface area (Å²) in [6.07, 6.45) is 1.58. The first-order chi connectivity index (χ1) is 11.8. The van der Waals surface area contributed by atoms with Crippen LogP contribution in [0.5, 0.6) is 0 Å². The molecule has 0 aliphatic carbocycles. The van der Waals surface area contributed by atoms with Crippen molar-refractivity contribution in [2.45, 2.75) is 44.0 Å². The molecule has 0 spiro atoms. The average molecular weight is 364 g/mol. The minimum absolute atomic E-state index is 0.00153. The first-order valence-electron chi connectivity index (χ1n) is 8.13. The van der Waals surface area contributed by atoms with Crippen LogP contribution in [0.1, 0.15) is 30.3 Å². The highest BCUT2D eigenvalue weighted by Crippen LogP contribution is 2.11. The summed E-state index contributed by atoms with van der Waals surface area (Å²) >= 11 is 0. The fourth-order valence-corrected chi connectivity index (χ4v) is 3.23. The number of carbonyl (C=O) groups excluding carboxylic acids is 1. The van der Waals surface area contributed by atoms with Gasteiger partial charge in [-0.05, 0) is 51.1 Å². The van der Waals surface area contributed by atoms with Gasteiger partial charge in [0, 0.05) is 24.6 Å². The quantitative estimate of drug-likeness (QED) is 0.657. The van der Waals surface area contributed by atoms with Gasteiger partial charge in [-0.3, -0.25) is 9.89 Å². The van der Waals surface area contributed by atoms with E-state index >= 15 is 0 Å². The topological polar surface area (TPSA) is 104 Å². The molecule has 0 radical (unpaired) electrons. The van der Waals surface area contributed by atoms with Crippen molar-refractivity contribution in [2.24, 2.45) is 0 Å². The van der Waals surface area contributed by atoms with E-state index < -0.39 is 10.0 Å². The highest BCUT2D eigenvalue weighted by Gasteiger charge is 2.12. The molecule has 1 heterocycles. The monoisotopic (exact) mass is 364 g/mol. The number of carbonyl (C=O) groups is 1. The Morgan fingerprint density at radius 2 is 1.96 bits per heavy atom. The lowest BCUT2D eigenvalue weighted by Gasteiger charge is -2.12. The van der Waals surface area contributed by atoms with Gasteiger partial charge in [0.15, 0.2) is 0 Å². The van der Waals surface area contributed by atoms with Crippen molar-refractivity contribution in [3.8, 4) is 0 Å². The lowest BCUT2D eigenvalue weighted by atomic mass is 10.1. The second-order valence-corrected chi connectivity index (χ2v) is 7.95. The summed E-state index contributed by atoms with van der Waals surface area (Å²) in [4.78, 5) is 12.3. The molecule has 1 atom stereocenters. The van der Waals surface area contributed by atoms with E-state index in [1.54, 1.807) is 24.3 Å². The minimum Gasteiger partial charge on any atom is -0.353 e. The van der Waals surface area contributed by atoms with E-state index in [2.05, 4.69) is 20.2 Å². The molecule has 0 bridgehead atoms. The van der Waals surface area contributed by atoms with Crippen LogP contribution in [0, 0.1) is 6.92 Å². The maximum atomic E-state index is 12.0. The standard InChI is InChI=1S/C17H24N4O3S/c1-12(10-15-11-13(2)20-21-15)19-17(22)9-6-14-4-7-16(8-5-14)25(23,24)18-3/h4-5,7-8,11-12,18H,6,9-10H2,1-3H3,(H,19,22)(H,20,21)/t12-/m1/s1. The van der Waals surface area contributed by atoms with Gasteiger partial charge in [-0.25, -0.2) is 13.1 Å². The molecule has 0 aliphatic heterocycles. The normalized spacial score (nSPS) is 12.8. The van der Waals surface area contributed by atoms with Gasteiger partial charge in [-0.15, -0.1) is 0 Å². The molecule has 1 amide bonds. The fourth-order valence-electron chi connectivity index (χ4n) is 2.50. The molecule has 8 heteroatoms. The third-order valence-corrected chi connectivity index (χ3v) is 5.26. The third kappa shape index (κ3) is 5.68. The SMILES string of the molecule is CNS(=O)(=O)c1ccc(CCC(=O)N[C@H](C)Cc2cc(C)[nH]n2)cc1. The minimum atomic E-state index is -3.43. The second-order valence-electron chi connectivity index (χ2n) is 6.07. The molecule has 0 aliphatic rings. The van der Waals surface area contributed by atoms with Crippen molar-refractivity contribution in [1.29, 1.82) is 0 Å². The van der Waals surface area contributed by atoms with Gasteiger partial charge < -0.3 is 5.32 Å². The molecular weight excluding hydrogens is 340 g/mol. The summed E-state index contributed by atoms with van der Waals surface area (Å²) in [5.74, 6) is -0.0355. The van der Waals surface area contributed by atoms with Crippen LogP contribution < -0.4 is 10.0 Å². The Kier molecular flexibility index (Phi) is 6.33. The summed E-state index contributed by atoms with van der Waals surface area (Å²) in [6, 6.07) is 8.51. The number of hydrogen-bond acceptors (Lipinski definition) is 4. The zero-order valence-corrected chi connectivity index (χ0v) is 15.5. The number of hydrogen-bond donors (Lipinski definition) is 3. The Bertz CT molecular complexity index is 813. The van der Waals surface area contributed by atoms with Crippen LogP contribution in [-0.4, -0.2) is 37.6 Å². The number of aryl methyl sites for hydroxylation is 2. The van der Waals surface area contributed by atoms with E-state index in [1.807, 2.05) is 19.9 Å². The van der Waals surface area contributed by atoms with E-state index in [-0.39, 0.29) is 16.8 Å². The maximum absolute atomic E-state index is 12.0. The number of aromatic nitrogens is 2. The molecule has 1 aromatic heterocycles. The van der Waals surface area contributed by atoms with E-state index in [0.717, 1.165) is 17.0 Å². The number of H-pyrrole nitrogens is 1. The third-order valence-electron chi connectivity index (χ3n) is 3.82. The highest BCUT2D eigenvalue weighted by atomic mass is 32.2. The van der Waals surface area contributed by atoms with Crippen LogP contribution in [0.4, 0.5) is 0 Å². The van der Waals surface area contributed by atoms with Gasteiger partial charge in [0.05, 0.1) is 10.6 Å². The van der Waals surface area contributed by atoms with Crippen molar-refractivity contribution in [2.75, 3.05) is 7.05 Å². The molecule has 25 heavy (non-hydrogen) atoms. The smallest absolute Gasteiger partial charge is 0.240 e. The predicted octanol–water partition coefficient (Wildman–Crippen LogP) is 1.31. The summed E-state index contributed by atoms with van der Waals surface area (Å²) in [5.41, 5.74) is 2.84. The lowest BCUT2D eigenvalue weighted by Crippen LogP contribution is -2.34. The molecule has 7 nitrogen and oxygen atoms in total. The molecule has 0 fully saturated rings. The molecule has 2 rings (SSSR count). The number of aromatic amines is 1.